The standard InChI is InChI=1S/C20H18Cl2N2O3/c1-3-27-20(25)19-11-18(13-5-8-16(26-2)9-6-13)23-24(19)12-14-4-7-15(21)10-17(14)22/h4-11H,3,12H2,1-2H3. The van der Waals surface area contributed by atoms with Crippen molar-refractivity contribution in [1.29, 1.82) is 0 Å². The molecule has 0 amide bonds. The van der Waals surface area contributed by atoms with Crippen LogP contribution in [0.1, 0.15) is 23.0 Å². The van der Waals surface area contributed by atoms with Crippen molar-refractivity contribution in [3.05, 3.63) is 69.8 Å². The van der Waals surface area contributed by atoms with E-state index in [-0.39, 0.29) is 6.61 Å². The minimum absolute atomic E-state index is 0.281. The molecule has 5 nitrogen and oxygen atoms in total. The van der Waals surface area contributed by atoms with Crippen molar-refractivity contribution in [3.8, 4) is 17.0 Å². The Balaban J connectivity index is 1.99. The Morgan fingerprint density at radius 3 is 2.48 bits per heavy atom. The summed E-state index contributed by atoms with van der Waals surface area (Å²) in [6, 6.07) is 14.4. The Morgan fingerprint density at radius 1 is 1.11 bits per heavy atom. The predicted octanol–water partition coefficient (Wildman–Crippen LogP) is 5.09. The molecular weight excluding hydrogens is 387 g/mol. The van der Waals surface area contributed by atoms with E-state index in [4.69, 9.17) is 32.7 Å². The molecule has 3 rings (SSSR count). The van der Waals surface area contributed by atoms with E-state index < -0.39 is 5.97 Å². The van der Waals surface area contributed by atoms with Crippen LogP contribution < -0.4 is 4.74 Å². The second kappa shape index (κ2) is 8.46. The molecule has 0 fully saturated rings. The zero-order chi connectivity index (χ0) is 19.4. The zero-order valence-corrected chi connectivity index (χ0v) is 16.4. The maximum absolute atomic E-state index is 12.4. The van der Waals surface area contributed by atoms with E-state index in [9.17, 15) is 4.79 Å². The summed E-state index contributed by atoms with van der Waals surface area (Å²) in [6.07, 6.45) is 0. The molecule has 27 heavy (non-hydrogen) atoms. The smallest absolute Gasteiger partial charge is 0.356 e. The van der Waals surface area contributed by atoms with Crippen molar-refractivity contribution in [1.82, 2.24) is 9.78 Å². The second-order valence-corrected chi connectivity index (χ2v) is 6.60. The van der Waals surface area contributed by atoms with Crippen molar-refractivity contribution in [2.24, 2.45) is 0 Å². The minimum atomic E-state index is -0.435. The first-order valence-corrected chi connectivity index (χ1v) is 9.10. The number of hydrogen-bond donors (Lipinski definition) is 0. The normalized spacial score (nSPS) is 10.7. The molecule has 1 aromatic heterocycles. The number of halogens is 2. The fourth-order valence-electron chi connectivity index (χ4n) is 2.62. The summed E-state index contributed by atoms with van der Waals surface area (Å²) in [5.74, 6) is 0.312. The highest BCUT2D eigenvalue weighted by Crippen LogP contribution is 2.25. The Hall–Kier alpha value is -2.50. The molecule has 0 saturated heterocycles. The highest BCUT2D eigenvalue weighted by Gasteiger charge is 2.18. The minimum Gasteiger partial charge on any atom is -0.497 e. The molecule has 0 aliphatic rings. The average molecular weight is 405 g/mol. The number of carbonyl (C=O) groups excluding carboxylic acids is 1. The Morgan fingerprint density at radius 2 is 1.85 bits per heavy atom. The summed E-state index contributed by atoms with van der Waals surface area (Å²) in [4.78, 5) is 12.4. The van der Waals surface area contributed by atoms with E-state index in [1.165, 1.54) is 0 Å². The monoisotopic (exact) mass is 404 g/mol. The van der Waals surface area contributed by atoms with Crippen molar-refractivity contribution in [2.75, 3.05) is 13.7 Å². The number of nitrogens with zero attached hydrogens (tertiary/aromatic N) is 2. The summed E-state index contributed by atoms with van der Waals surface area (Å²) in [6.45, 7) is 2.36. The first-order valence-electron chi connectivity index (χ1n) is 8.35. The quantitative estimate of drug-likeness (QED) is 0.536. The molecule has 140 valence electrons. The molecular formula is C20H18Cl2N2O3. The third kappa shape index (κ3) is 4.43. The van der Waals surface area contributed by atoms with Crippen LogP contribution in [0.3, 0.4) is 0 Å². The Labute approximate surface area is 167 Å². The largest absolute Gasteiger partial charge is 0.497 e. The number of benzene rings is 2. The van der Waals surface area contributed by atoms with Gasteiger partial charge in [0.15, 0.2) is 0 Å². The lowest BCUT2D eigenvalue weighted by Crippen LogP contribution is -2.14. The third-order valence-electron chi connectivity index (χ3n) is 3.99. The molecule has 0 unspecified atom stereocenters. The van der Waals surface area contributed by atoms with Crippen LogP contribution in [0.15, 0.2) is 48.5 Å². The van der Waals surface area contributed by atoms with Gasteiger partial charge < -0.3 is 9.47 Å². The van der Waals surface area contributed by atoms with Gasteiger partial charge in [-0.3, -0.25) is 4.68 Å². The second-order valence-electron chi connectivity index (χ2n) is 5.76. The van der Waals surface area contributed by atoms with Gasteiger partial charge in [0.2, 0.25) is 0 Å². The van der Waals surface area contributed by atoms with Gasteiger partial charge in [-0.2, -0.15) is 5.10 Å². The predicted molar refractivity (Wildman–Crippen MR) is 106 cm³/mol. The summed E-state index contributed by atoms with van der Waals surface area (Å²) in [5, 5.41) is 5.64. The van der Waals surface area contributed by atoms with Gasteiger partial charge >= 0.3 is 5.97 Å². The van der Waals surface area contributed by atoms with E-state index in [0.29, 0.717) is 28.0 Å². The molecule has 0 aliphatic heterocycles. The van der Waals surface area contributed by atoms with Gasteiger partial charge in [-0.15, -0.1) is 0 Å². The fraction of sp³-hybridized carbons (Fsp3) is 0.200. The average Bonchev–Trinajstić information content (AvgIpc) is 3.08. The lowest BCUT2D eigenvalue weighted by atomic mass is 10.1. The van der Waals surface area contributed by atoms with Crippen LogP contribution in [0.2, 0.25) is 10.0 Å². The van der Waals surface area contributed by atoms with Gasteiger partial charge in [0.1, 0.15) is 11.4 Å². The molecule has 2 aromatic carbocycles. The number of aromatic nitrogens is 2. The highest BCUT2D eigenvalue weighted by molar-refractivity contribution is 6.35. The lowest BCUT2D eigenvalue weighted by molar-refractivity contribution is 0.0512. The number of rotatable bonds is 6. The maximum atomic E-state index is 12.4. The topological polar surface area (TPSA) is 53.4 Å². The van der Waals surface area contributed by atoms with E-state index in [2.05, 4.69) is 5.10 Å². The van der Waals surface area contributed by atoms with Gasteiger partial charge in [0, 0.05) is 15.6 Å². The van der Waals surface area contributed by atoms with Crippen LogP contribution in [0.5, 0.6) is 5.75 Å². The summed E-state index contributed by atoms with van der Waals surface area (Å²) in [5.41, 5.74) is 2.68. The summed E-state index contributed by atoms with van der Waals surface area (Å²) >= 11 is 12.2. The molecule has 3 aromatic rings. The van der Waals surface area contributed by atoms with Gasteiger partial charge in [-0.05, 0) is 55.0 Å². The molecule has 0 radical (unpaired) electrons. The summed E-state index contributed by atoms with van der Waals surface area (Å²) in [7, 11) is 1.61. The number of carbonyl (C=O) groups is 1. The first-order chi connectivity index (χ1) is 13.0. The van der Waals surface area contributed by atoms with Gasteiger partial charge in [-0.1, -0.05) is 29.3 Å². The zero-order valence-electron chi connectivity index (χ0n) is 14.9. The molecule has 0 aliphatic carbocycles. The van der Waals surface area contributed by atoms with Crippen molar-refractivity contribution >= 4 is 29.2 Å². The lowest BCUT2D eigenvalue weighted by Gasteiger charge is -2.08. The Kier molecular flexibility index (Phi) is 6.04. The molecule has 7 heteroatoms. The molecule has 0 bridgehead atoms. The number of esters is 1. The van der Waals surface area contributed by atoms with E-state index in [1.807, 2.05) is 30.3 Å². The van der Waals surface area contributed by atoms with Crippen molar-refractivity contribution < 1.29 is 14.3 Å². The SMILES string of the molecule is CCOC(=O)c1cc(-c2ccc(OC)cc2)nn1Cc1ccc(Cl)cc1Cl. The van der Waals surface area contributed by atoms with Crippen LogP contribution in [0, 0.1) is 0 Å². The molecule has 0 N–H and O–H groups in total. The van der Waals surface area contributed by atoms with Crippen LogP contribution in [-0.2, 0) is 11.3 Å². The number of hydrogen-bond acceptors (Lipinski definition) is 4. The van der Waals surface area contributed by atoms with Crippen LogP contribution in [0.4, 0.5) is 0 Å². The number of methoxy groups -OCH3 is 1. The number of ether oxygens (including phenoxy) is 2. The van der Waals surface area contributed by atoms with Crippen molar-refractivity contribution in [2.45, 2.75) is 13.5 Å². The van der Waals surface area contributed by atoms with Crippen LogP contribution in [-0.4, -0.2) is 29.5 Å². The van der Waals surface area contributed by atoms with E-state index >= 15 is 0 Å². The van der Waals surface area contributed by atoms with E-state index in [0.717, 1.165) is 16.9 Å². The third-order valence-corrected chi connectivity index (χ3v) is 4.57. The van der Waals surface area contributed by atoms with Crippen LogP contribution >= 0.6 is 23.2 Å². The molecule has 0 saturated carbocycles. The highest BCUT2D eigenvalue weighted by atomic mass is 35.5. The molecule has 0 spiro atoms. The van der Waals surface area contributed by atoms with Gasteiger partial charge in [-0.25, -0.2) is 4.79 Å². The van der Waals surface area contributed by atoms with Gasteiger partial charge in [0.05, 0.1) is 26.0 Å². The maximum Gasteiger partial charge on any atom is 0.356 e. The Bertz CT molecular complexity index is 952. The molecule has 1 heterocycles. The molecule has 0 atom stereocenters. The van der Waals surface area contributed by atoms with E-state index in [1.54, 1.807) is 36.9 Å². The first kappa shape index (κ1) is 19.3. The summed E-state index contributed by atoms with van der Waals surface area (Å²) < 4.78 is 11.9. The van der Waals surface area contributed by atoms with Crippen molar-refractivity contribution in [3.63, 3.8) is 0 Å². The van der Waals surface area contributed by atoms with Gasteiger partial charge in [0.25, 0.3) is 0 Å². The van der Waals surface area contributed by atoms with Crippen LogP contribution in [0.25, 0.3) is 11.3 Å². The fourth-order valence-corrected chi connectivity index (χ4v) is 3.09.